The first-order valence-corrected chi connectivity index (χ1v) is 11.0. The number of carbonyl (C=O) groups excluding carboxylic acids is 4. The van der Waals surface area contributed by atoms with Crippen LogP contribution in [-0.2, 0) is 38.1 Å². The zero-order chi connectivity index (χ0) is 24.9. The van der Waals surface area contributed by atoms with Crippen LogP contribution in [0.25, 0.3) is 0 Å². The minimum absolute atomic E-state index is 0.00513. The van der Waals surface area contributed by atoms with Crippen molar-refractivity contribution >= 4 is 23.9 Å². The maximum absolute atomic E-state index is 13.0. The molecule has 1 saturated heterocycles. The number of ether oxygens (including phenoxy) is 4. The maximum atomic E-state index is 13.0. The standard InChI is InChI=1S/C24H32O9/c1-12(2)10-17(27)30-16-11-23(6,32-13(3)25)15-8-9-22(5,29)18(15)20-19(16)24(7,21(28)31-20)33-14(4)26/h8-10,15-16,18-20,29H,11H2,1-7H3. The molecule has 0 aromatic rings. The van der Waals surface area contributed by atoms with Crippen molar-refractivity contribution in [1.29, 1.82) is 0 Å². The van der Waals surface area contributed by atoms with E-state index in [1.165, 1.54) is 26.8 Å². The van der Waals surface area contributed by atoms with E-state index in [1.807, 2.05) is 0 Å². The third-order valence-corrected chi connectivity index (χ3v) is 6.81. The van der Waals surface area contributed by atoms with Gasteiger partial charge >= 0.3 is 23.9 Å². The quantitative estimate of drug-likeness (QED) is 0.288. The number of hydrogen-bond donors (Lipinski definition) is 1. The zero-order valence-corrected chi connectivity index (χ0v) is 20.0. The molecule has 8 atom stereocenters. The second kappa shape index (κ2) is 8.27. The predicted octanol–water partition coefficient (Wildman–Crippen LogP) is 2.01. The molecule has 182 valence electrons. The molecule has 33 heavy (non-hydrogen) atoms. The van der Waals surface area contributed by atoms with Crippen LogP contribution in [-0.4, -0.2) is 58.0 Å². The molecule has 1 N–H and O–H groups in total. The first-order valence-electron chi connectivity index (χ1n) is 11.0. The van der Waals surface area contributed by atoms with Gasteiger partial charge in [-0.2, -0.15) is 0 Å². The van der Waals surface area contributed by atoms with E-state index in [-0.39, 0.29) is 6.42 Å². The van der Waals surface area contributed by atoms with Crippen LogP contribution < -0.4 is 0 Å². The molecule has 3 aliphatic rings. The maximum Gasteiger partial charge on any atom is 0.351 e. The van der Waals surface area contributed by atoms with Gasteiger partial charge < -0.3 is 24.1 Å². The molecule has 0 bridgehead atoms. The van der Waals surface area contributed by atoms with Crippen molar-refractivity contribution in [3.05, 3.63) is 23.8 Å². The van der Waals surface area contributed by atoms with E-state index in [9.17, 15) is 24.3 Å². The Bertz CT molecular complexity index is 928. The smallest absolute Gasteiger partial charge is 0.351 e. The third-order valence-electron chi connectivity index (χ3n) is 6.81. The van der Waals surface area contributed by atoms with Gasteiger partial charge in [-0.25, -0.2) is 9.59 Å². The SMILES string of the molecule is CC(=O)OC1(C)CC(OC(=O)C=C(C)C)C2C(OC(=O)C2(C)OC(C)=O)C2C1C=CC2(C)O. The lowest BCUT2D eigenvalue weighted by Crippen LogP contribution is -2.52. The van der Waals surface area contributed by atoms with Gasteiger partial charge in [0.15, 0.2) is 0 Å². The fraction of sp³-hybridized carbons (Fsp3) is 0.667. The summed E-state index contributed by atoms with van der Waals surface area (Å²) in [5, 5.41) is 11.2. The number of aliphatic hydroxyl groups is 1. The van der Waals surface area contributed by atoms with Crippen molar-refractivity contribution in [2.45, 2.75) is 83.9 Å². The Labute approximate surface area is 193 Å². The van der Waals surface area contributed by atoms with E-state index in [0.29, 0.717) is 5.57 Å². The topological polar surface area (TPSA) is 125 Å². The van der Waals surface area contributed by atoms with E-state index in [4.69, 9.17) is 18.9 Å². The van der Waals surface area contributed by atoms with Crippen molar-refractivity contribution in [3.8, 4) is 0 Å². The molecule has 1 saturated carbocycles. The van der Waals surface area contributed by atoms with Crippen LogP contribution in [0.3, 0.4) is 0 Å². The van der Waals surface area contributed by atoms with Gasteiger partial charge in [-0.15, -0.1) is 0 Å². The molecule has 0 spiro atoms. The highest BCUT2D eigenvalue weighted by Crippen LogP contribution is 2.56. The average molecular weight is 465 g/mol. The Kier molecular flexibility index (Phi) is 6.25. The van der Waals surface area contributed by atoms with Crippen LogP contribution in [0, 0.1) is 17.8 Å². The molecule has 1 aliphatic heterocycles. The minimum Gasteiger partial charge on any atom is -0.459 e. The summed E-state index contributed by atoms with van der Waals surface area (Å²) in [5.41, 5.74) is -3.68. The summed E-state index contributed by atoms with van der Waals surface area (Å²) in [4.78, 5) is 49.6. The van der Waals surface area contributed by atoms with Gasteiger partial charge in [0.05, 0.1) is 11.5 Å². The lowest BCUT2D eigenvalue weighted by Gasteiger charge is -2.40. The lowest BCUT2D eigenvalue weighted by molar-refractivity contribution is -0.182. The van der Waals surface area contributed by atoms with Crippen molar-refractivity contribution in [2.24, 2.45) is 17.8 Å². The van der Waals surface area contributed by atoms with E-state index in [1.54, 1.807) is 39.8 Å². The van der Waals surface area contributed by atoms with Crippen molar-refractivity contribution in [2.75, 3.05) is 0 Å². The normalized spacial score (nSPS) is 41.2. The summed E-state index contributed by atoms with van der Waals surface area (Å²) in [6.45, 7) is 10.6. The fourth-order valence-electron chi connectivity index (χ4n) is 5.68. The lowest BCUT2D eigenvalue weighted by atomic mass is 9.72. The largest absolute Gasteiger partial charge is 0.459 e. The van der Waals surface area contributed by atoms with Crippen LogP contribution >= 0.6 is 0 Å². The Morgan fingerprint density at radius 2 is 1.67 bits per heavy atom. The molecule has 9 heteroatoms. The molecule has 8 unspecified atom stereocenters. The first-order chi connectivity index (χ1) is 15.1. The highest BCUT2D eigenvalue weighted by molar-refractivity contribution is 5.86. The summed E-state index contributed by atoms with van der Waals surface area (Å²) in [7, 11) is 0. The van der Waals surface area contributed by atoms with E-state index >= 15 is 0 Å². The van der Waals surface area contributed by atoms with Gasteiger partial charge in [0.25, 0.3) is 0 Å². The second-order valence-electron chi connectivity index (χ2n) is 10.0. The number of fused-ring (bicyclic) bond motifs is 3. The molecule has 0 amide bonds. The fourth-order valence-corrected chi connectivity index (χ4v) is 5.68. The summed E-state index contributed by atoms with van der Waals surface area (Å²) >= 11 is 0. The van der Waals surface area contributed by atoms with Crippen LogP contribution in [0.1, 0.15) is 54.9 Å². The number of esters is 4. The number of allylic oxidation sites excluding steroid dienone is 1. The monoisotopic (exact) mass is 464 g/mol. The Morgan fingerprint density at radius 3 is 2.21 bits per heavy atom. The van der Waals surface area contributed by atoms with Gasteiger partial charge in [0.1, 0.15) is 17.8 Å². The zero-order valence-electron chi connectivity index (χ0n) is 20.0. The van der Waals surface area contributed by atoms with Crippen molar-refractivity contribution < 1.29 is 43.2 Å². The summed E-state index contributed by atoms with van der Waals surface area (Å²) in [6.07, 6.45) is 2.64. The highest BCUT2D eigenvalue weighted by Gasteiger charge is 2.70. The van der Waals surface area contributed by atoms with Gasteiger partial charge in [-0.3, -0.25) is 9.59 Å². The van der Waals surface area contributed by atoms with Crippen LogP contribution in [0.15, 0.2) is 23.8 Å². The molecule has 3 rings (SSSR count). The van der Waals surface area contributed by atoms with Gasteiger partial charge in [0.2, 0.25) is 5.60 Å². The average Bonchev–Trinajstić information content (AvgIpc) is 3.02. The molecule has 9 nitrogen and oxygen atoms in total. The van der Waals surface area contributed by atoms with Crippen LogP contribution in [0.5, 0.6) is 0 Å². The van der Waals surface area contributed by atoms with E-state index in [2.05, 4.69) is 0 Å². The summed E-state index contributed by atoms with van der Waals surface area (Å²) < 4.78 is 22.7. The molecule has 0 aromatic heterocycles. The molecular formula is C24H32O9. The predicted molar refractivity (Wildman–Crippen MR) is 114 cm³/mol. The third kappa shape index (κ3) is 4.43. The Hall–Kier alpha value is -2.68. The van der Waals surface area contributed by atoms with Crippen molar-refractivity contribution in [1.82, 2.24) is 0 Å². The molecule has 0 radical (unpaired) electrons. The van der Waals surface area contributed by atoms with Crippen LogP contribution in [0.2, 0.25) is 0 Å². The molecule has 2 fully saturated rings. The summed E-state index contributed by atoms with van der Waals surface area (Å²) in [5.74, 6) is -4.92. The molecule has 2 aliphatic carbocycles. The van der Waals surface area contributed by atoms with E-state index in [0.717, 1.165) is 0 Å². The van der Waals surface area contributed by atoms with Gasteiger partial charge in [-0.05, 0) is 34.6 Å². The number of hydrogen-bond acceptors (Lipinski definition) is 9. The molecular weight excluding hydrogens is 432 g/mol. The van der Waals surface area contributed by atoms with Gasteiger partial charge in [0, 0.05) is 38.2 Å². The minimum atomic E-state index is -1.77. The van der Waals surface area contributed by atoms with Gasteiger partial charge in [-0.1, -0.05) is 17.7 Å². The Balaban J connectivity index is 2.19. The Morgan fingerprint density at radius 1 is 1.06 bits per heavy atom. The molecule has 0 aromatic carbocycles. The first kappa shape index (κ1) is 25.0. The summed E-state index contributed by atoms with van der Waals surface area (Å²) in [6, 6.07) is 0. The molecule has 1 heterocycles. The van der Waals surface area contributed by atoms with Crippen molar-refractivity contribution in [3.63, 3.8) is 0 Å². The number of rotatable bonds is 4. The number of carbonyl (C=O) groups is 4. The van der Waals surface area contributed by atoms with Crippen LogP contribution in [0.4, 0.5) is 0 Å². The highest BCUT2D eigenvalue weighted by atomic mass is 16.6. The second-order valence-corrected chi connectivity index (χ2v) is 10.0. The van der Waals surface area contributed by atoms with E-state index < -0.39 is 70.6 Å².